The molecule has 0 saturated heterocycles. The van der Waals surface area contributed by atoms with E-state index in [4.69, 9.17) is 0 Å². The molecule has 4 aromatic rings. The summed E-state index contributed by atoms with van der Waals surface area (Å²) in [7, 11) is 0. The van der Waals surface area contributed by atoms with Crippen LogP contribution < -0.4 is 16.3 Å². The fourth-order valence-corrected chi connectivity index (χ4v) is 3.95. The van der Waals surface area contributed by atoms with Crippen molar-refractivity contribution in [1.29, 1.82) is 0 Å². The van der Waals surface area contributed by atoms with Gasteiger partial charge in [0, 0.05) is 17.7 Å². The van der Waals surface area contributed by atoms with E-state index < -0.39 is 23.7 Å². The van der Waals surface area contributed by atoms with Crippen molar-refractivity contribution in [3.8, 4) is 5.69 Å². The molecule has 0 spiro atoms. The first-order valence-electron chi connectivity index (χ1n) is 10.4. The van der Waals surface area contributed by atoms with Gasteiger partial charge in [0.25, 0.3) is 5.91 Å². The number of aromatic nitrogens is 3. The molecule has 1 aromatic heterocycles. The van der Waals surface area contributed by atoms with Gasteiger partial charge >= 0.3 is 5.69 Å². The Labute approximate surface area is 187 Å². The first-order chi connectivity index (χ1) is 16.0. The second-order valence-corrected chi connectivity index (χ2v) is 7.79. The summed E-state index contributed by atoms with van der Waals surface area (Å²) < 4.78 is 14.2. The molecule has 8 nitrogen and oxygen atoms in total. The van der Waals surface area contributed by atoms with Gasteiger partial charge in [-0.1, -0.05) is 24.3 Å². The molecule has 4 N–H and O–H groups in total. The van der Waals surface area contributed by atoms with Crippen LogP contribution in [0.2, 0.25) is 0 Å². The molecule has 1 heterocycles. The second-order valence-electron chi connectivity index (χ2n) is 7.79. The molecule has 2 atom stereocenters. The van der Waals surface area contributed by atoms with Gasteiger partial charge in [-0.25, -0.2) is 9.18 Å². The van der Waals surface area contributed by atoms with Gasteiger partial charge in [0.15, 0.2) is 0 Å². The Morgan fingerprint density at radius 3 is 2.55 bits per heavy atom. The molecule has 1 aliphatic carbocycles. The largest absolute Gasteiger partial charge is 0.390 e. The zero-order valence-corrected chi connectivity index (χ0v) is 17.3. The van der Waals surface area contributed by atoms with Gasteiger partial charge in [-0.2, -0.15) is 4.68 Å². The fourth-order valence-electron chi connectivity index (χ4n) is 3.95. The highest BCUT2D eigenvalue weighted by Gasteiger charge is 2.32. The predicted molar refractivity (Wildman–Crippen MR) is 120 cm³/mol. The molecule has 0 bridgehead atoms. The van der Waals surface area contributed by atoms with Crippen molar-refractivity contribution in [3.63, 3.8) is 0 Å². The van der Waals surface area contributed by atoms with E-state index in [1.807, 2.05) is 24.3 Å². The zero-order chi connectivity index (χ0) is 22.9. The van der Waals surface area contributed by atoms with Crippen LogP contribution in [0.5, 0.6) is 0 Å². The van der Waals surface area contributed by atoms with Gasteiger partial charge in [-0.3, -0.25) is 9.78 Å². The number of aliphatic hydroxyl groups excluding tert-OH is 1. The molecular formula is C24H20FN5O3. The monoisotopic (exact) mass is 445 g/mol. The summed E-state index contributed by atoms with van der Waals surface area (Å²) in [5, 5.41) is 20.4. The van der Waals surface area contributed by atoms with Crippen molar-refractivity contribution in [2.24, 2.45) is 0 Å². The van der Waals surface area contributed by atoms with E-state index in [0.29, 0.717) is 23.4 Å². The molecule has 0 fully saturated rings. The molecule has 0 unspecified atom stereocenters. The van der Waals surface area contributed by atoms with Crippen LogP contribution in [0.25, 0.3) is 5.69 Å². The number of rotatable bonds is 5. The summed E-state index contributed by atoms with van der Waals surface area (Å²) in [5.41, 5.74) is 2.95. The highest BCUT2D eigenvalue weighted by atomic mass is 19.1. The number of halogens is 1. The second kappa shape index (κ2) is 8.36. The number of amides is 1. The summed E-state index contributed by atoms with van der Waals surface area (Å²) in [6, 6.07) is 19.3. The standard InChI is InChI=1S/C24H20FN5O3/c25-16-7-11-18(12-8-16)30-24(33)28-23(29-30)26-17-9-5-14(6-10-17)22(32)27-21-19-4-2-1-3-15(19)13-20(21)31/h1-12,20-21,31H,13H2,(H,27,32)(H2,26,28,29,33)/t20-,21+/m0/s1. The van der Waals surface area contributed by atoms with E-state index in [9.17, 15) is 19.1 Å². The molecule has 166 valence electrons. The van der Waals surface area contributed by atoms with Crippen molar-refractivity contribution in [3.05, 3.63) is 106 Å². The van der Waals surface area contributed by atoms with Crippen LogP contribution in [-0.2, 0) is 6.42 Å². The molecule has 3 aromatic carbocycles. The van der Waals surface area contributed by atoms with E-state index >= 15 is 0 Å². The van der Waals surface area contributed by atoms with Crippen LogP contribution in [0.4, 0.5) is 16.0 Å². The number of hydrogen-bond acceptors (Lipinski definition) is 5. The number of hydrogen-bond donors (Lipinski definition) is 4. The minimum absolute atomic E-state index is 0.201. The minimum atomic E-state index is -0.666. The van der Waals surface area contributed by atoms with Crippen LogP contribution in [-0.4, -0.2) is 31.9 Å². The predicted octanol–water partition coefficient (Wildman–Crippen LogP) is 2.83. The van der Waals surface area contributed by atoms with Gasteiger partial charge in [0.05, 0.1) is 17.8 Å². The molecule has 5 rings (SSSR count). The molecule has 0 aliphatic heterocycles. The maximum absolute atomic E-state index is 13.1. The number of carbonyl (C=O) groups excluding carboxylic acids is 1. The molecule has 1 amide bonds. The lowest BCUT2D eigenvalue weighted by Crippen LogP contribution is -2.33. The van der Waals surface area contributed by atoms with E-state index in [2.05, 4.69) is 20.7 Å². The average Bonchev–Trinajstić information content (AvgIpc) is 3.33. The summed E-state index contributed by atoms with van der Waals surface area (Å²) in [6.07, 6.45) is -0.160. The van der Waals surface area contributed by atoms with Crippen LogP contribution in [0.3, 0.4) is 0 Å². The summed E-state index contributed by atoms with van der Waals surface area (Å²) in [4.78, 5) is 27.5. The zero-order valence-electron chi connectivity index (χ0n) is 17.3. The van der Waals surface area contributed by atoms with Crippen LogP contribution in [0.15, 0.2) is 77.6 Å². The average molecular weight is 445 g/mol. The lowest BCUT2D eigenvalue weighted by Gasteiger charge is -2.18. The van der Waals surface area contributed by atoms with Crippen LogP contribution in [0, 0.1) is 5.82 Å². The number of fused-ring (bicyclic) bond motifs is 1. The van der Waals surface area contributed by atoms with Gasteiger partial charge in [-0.15, -0.1) is 5.10 Å². The normalized spacial score (nSPS) is 16.9. The highest BCUT2D eigenvalue weighted by molar-refractivity contribution is 5.95. The van der Waals surface area contributed by atoms with E-state index in [1.165, 1.54) is 24.3 Å². The first-order valence-corrected chi connectivity index (χ1v) is 10.4. The Hall–Kier alpha value is -4.24. The number of nitrogens with zero attached hydrogens (tertiary/aromatic N) is 2. The fraction of sp³-hybridized carbons (Fsp3) is 0.125. The van der Waals surface area contributed by atoms with E-state index in [-0.39, 0.29) is 11.9 Å². The van der Waals surface area contributed by atoms with Crippen molar-refractivity contribution < 1.29 is 14.3 Å². The Balaban J connectivity index is 1.28. The molecule has 0 saturated carbocycles. The SMILES string of the molecule is O=C(N[C@@H]1c2ccccc2C[C@@H]1O)c1ccc(Nc2nn(-c3ccc(F)cc3)c(=O)[nH]2)cc1. The number of anilines is 2. The summed E-state index contributed by atoms with van der Waals surface area (Å²) in [5.74, 6) is -0.500. The molecule has 1 aliphatic rings. The molecule has 9 heteroatoms. The van der Waals surface area contributed by atoms with Crippen molar-refractivity contribution in [2.75, 3.05) is 5.32 Å². The topological polar surface area (TPSA) is 112 Å². The molecule has 33 heavy (non-hydrogen) atoms. The smallest absolute Gasteiger partial charge is 0.349 e. The lowest BCUT2D eigenvalue weighted by molar-refractivity contribution is 0.0858. The van der Waals surface area contributed by atoms with Crippen LogP contribution in [0.1, 0.15) is 27.5 Å². The quantitative estimate of drug-likeness (QED) is 0.378. The number of aliphatic hydroxyl groups is 1. The third kappa shape index (κ3) is 4.13. The van der Waals surface area contributed by atoms with Crippen molar-refractivity contribution in [2.45, 2.75) is 18.6 Å². The molecular weight excluding hydrogens is 425 g/mol. The van der Waals surface area contributed by atoms with E-state index in [1.54, 1.807) is 24.3 Å². The Morgan fingerprint density at radius 1 is 1.06 bits per heavy atom. The van der Waals surface area contributed by atoms with Crippen molar-refractivity contribution >= 4 is 17.5 Å². The van der Waals surface area contributed by atoms with E-state index in [0.717, 1.165) is 15.8 Å². The third-order valence-electron chi connectivity index (χ3n) is 5.59. The lowest BCUT2D eigenvalue weighted by atomic mass is 10.1. The third-order valence-corrected chi connectivity index (χ3v) is 5.59. The highest BCUT2D eigenvalue weighted by Crippen LogP contribution is 2.31. The Morgan fingerprint density at radius 2 is 1.79 bits per heavy atom. The number of benzene rings is 3. The number of aromatic amines is 1. The Bertz CT molecular complexity index is 1360. The van der Waals surface area contributed by atoms with Gasteiger partial charge in [0.2, 0.25) is 5.95 Å². The number of carbonyl (C=O) groups is 1. The number of nitrogens with one attached hydrogen (secondary N) is 3. The maximum atomic E-state index is 13.1. The maximum Gasteiger partial charge on any atom is 0.349 e. The van der Waals surface area contributed by atoms with Gasteiger partial charge in [-0.05, 0) is 59.7 Å². The van der Waals surface area contributed by atoms with Crippen LogP contribution >= 0.6 is 0 Å². The van der Waals surface area contributed by atoms with Gasteiger partial charge in [0.1, 0.15) is 5.82 Å². The molecule has 0 radical (unpaired) electrons. The summed E-state index contributed by atoms with van der Waals surface area (Å²) >= 11 is 0. The van der Waals surface area contributed by atoms with Crippen molar-refractivity contribution in [1.82, 2.24) is 20.1 Å². The first kappa shape index (κ1) is 20.7. The Kier molecular flexibility index (Phi) is 5.23. The van der Waals surface area contributed by atoms with Gasteiger partial charge < -0.3 is 15.7 Å². The number of H-pyrrole nitrogens is 1. The minimum Gasteiger partial charge on any atom is -0.390 e. The summed E-state index contributed by atoms with van der Waals surface area (Å²) in [6.45, 7) is 0.